The highest BCUT2D eigenvalue weighted by molar-refractivity contribution is 5.80. The molecule has 0 bridgehead atoms. The Morgan fingerprint density at radius 2 is 1.58 bits per heavy atom. The SMILES string of the molecule is CC(C)c1cc2ncccc2[nH]1.COc1cc2[nH]c(C(C)C)cc2cn1. The van der Waals surface area contributed by atoms with E-state index in [4.69, 9.17) is 4.74 Å². The molecule has 4 heterocycles. The number of aromatic nitrogens is 4. The van der Waals surface area contributed by atoms with E-state index in [0.717, 1.165) is 21.9 Å². The van der Waals surface area contributed by atoms with Crippen LogP contribution >= 0.6 is 0 Å². The summed E-state index contributed by atoms with van der Waals surface area (Å²) in [7, 11) is 1.63. The van der Waals surface area contributed by atoms with Crippen LogP contribution in [0.3, 0.4) is 0 Å². The molecule has 0 saturated carbocycles. The highest BCUT2D eigenvalue weighted by Gasteiger charge is 2.05. The number of hydrogen-bond acceptors (Lipinski definition) is 3. The molecule has 4 aromatic heterocycles. The van der Waals surface area contributed by atoms with Gasteiger partial charge in [0.05, 0.1) is 23.7 Å². The lowest BCUT2D eigenvalue weighted by Gasteiger charge is -1.98. The van der Waals surface area contributed by atoms with Crippen LogP contribution in [0.15, 0.2) is 42.7 Å². The maximum atomic E-state index is 5.06. The Labute approximate surface area is 153 Å². The Balaban J connectivity index is 0.000000152. The van der Waals surface area contributed by atoms with Crippen LogP contribution in [0.2, 0.25) is 0 Å². The summed E-state index contributed by atoms with van der Waals surface area (Å²) >= 11 is 0. The number of rotatable bonds is 3. The van der Waals surface area contributed by atoms with Crippen LogP contribution in [0.5, 0.6) is 5.88 Å². The molecular formula is C21H26N4O. The molecule has 0 aliphatic heterocycles. The van der Waals surface area contributed by atoms with Gasteiger partial charge in [0.15, 0.2) is 0 Å². The van der Waals surface area contributed by atoms with Crippen LogP contribution < -0.4 is 4.74 Å². The molecule has 5 nitrogen and oxygen atoms in total. The smallest absolute Gasteiger partial charge is 0.215 e. The lowest BCUT2D eigenvalue weighted by molar-refractivity contribution is 0.398. The third-order valence-corrected chi connectivity index (χ3v) is 4.36. The number of H-pyrrole nitrogens is 2. The summed E-state index contributed by atoms with van der Waals surface area (Å²) in [6.45, 7) is 8.67. The van der Waals surface area contributed by atoms with Crippen molar-refractivity contribution in [2.45, 2.75) is 39.5 Å². The van der Waals surface area contributed by atoms with Gasteiger partial charge in [-0.25, -0.2) is 4.98 Å². The Morgan fingerprint density at radius 1 is 0.885 bits per heavy atom. The summed E-state index contributed by atoms with van der Waals surface area (Å²) in [6.07, 6.45) is 3.65. The van der Waals surface area contributed by atoms with Crippen molar-refractivity contribution in [1.82, 2.24) is 19.9 Å². The normalized spacial score (nSPS) is 11.2. The molecule has 0 radical (unpaired) electrons. The van der Waals surface area contributed by atoms with E-state index in [1.165, 1.54) is 11.4 Å². The van der Waals surface area contributed by atoms with Gasteiger partial charge in [-0.2, -0.15) is 0 Å². The van der Waals surface area contributed by atoms with E-state index in [1.807, 2.05) is 30.6 Å². The third kappa shape index (κ3) is 3.87. The van der Waals surface area contributed by atoms with Gasteiger partial charge in [-0.15, -0.1) is 0 Å². The molecule has 4 aromatic rings. The number of fused-ring (bicyclic) bond motifs is 2. The fraction of sp³-hybridized carbons (Fsp3) is 0.333. The van der Waals surface area contributed by atoms with E-state index in [-0.39, 0.29) is 0 Å². The number of methoxy groups -OCH3 is 1. The standard InChI is InChI=1S/C11H14N2O.C10H12N2/c1-7(2)9-4-8-6-12-11(14-3)5-10(8)13-9;1-7(2)9-6-10-8(12-9)4-3-5-11-10/h4-7,13H,1-3H3;3-7,12H,1-2H3. The highest BCUT2D eigenvalue weighted by Crippen LogP contribution is 2.22. The second kappa shape index (κ2) is 7.60. The topological polar surface area (TPSA) is 66.6 Å². The molecule has 0 aliphatic carbocycles. The zero-order valence-corrected chi connectivity index (χ0v) is 16.0. The first-order chi connectivity index (χ1) is 12.5. The first-order valence-corrected chi connectivity index (χ1v) is 8.94. The fourth-order valence-electron chi connectivity index (χ4n) is 2.74. The van der Waals surface area contributed by atoms with Crippen molar-refractivity contribution >= 4 is 21.9 Å². The zero-order chi connectivity index (χ0) is 18.7. The number of nitrogens with one attached hydrogen (secondary N) is 2. The van der Waals surface area contributed by atoms with Crippen LogP contribution in [0.25, 0.3) is 21.9 Å². The molecule has 0 saturated heterocycles. The molecule has 4 rings (SSSR count). The molecule has 0 fully saturated rings. The fourth-order valence-corrected chi connectivity index (χ4v) is 2.74. The first kappa shape index (κ1) is 18.0. The van der Waals surface area contributed by atoms with Crippen LogP contribution in [0, 0.1) is 0 Å². The van der Waals surface area contributed by atoms with Gasteiger partial charge in [-0.1, -0.05) is 27.7 Å². The average molecular weight is 350 g/mol. The second-order valence-corrected chi connectivity index (χ2v) is 7.01. The van der Waals surface area contributed by atoms with E-state index in [0.29, 0.717) is 17.7 Å². The molecule has 0 amide bonds. The van der Waals surface area contributed by atoms with E-state index in [2.05, 4.69) is 59.8 Å². The summed E-state index contributed by atoms with van der Waals surface area (Å²) < 4.78 is 5.06. The van der Waals surface area contributed by atoms with Gasteiger partial charge < -0.3 is 14.7 Å². The summed E-state index contributed by atoms with van der Waals surface area (Å²) in [6, 6.07) is 10.2. The molecule has 26 heavy (non-hydrogen) atoms. The summed E-state index contributed by atoms with van der Waals surface area (Å²) in [5.41, 5.74) is 5.75. The third-order valence-electron chi connectivity index (χ3n) is 4.36. The van der Waals surface area contributed by atoms with Gasteiger partial charge in [-0.3, -0.25) is 4.98 Å². The van der Waals surface area contributed by atoms with Crippen molar-refractivity contribution in [1.29, 1.82) is 0 Å². The molecule has 2 N–H and O–H groups in total. The largest absolute Gasteiger partial charge is 0.481 e. The van der Waals surface area contributed by atoms with Gasteiger partial charge in [0.1, 0.15) is 0 Å². The van der Waals surface area contributed by atoms with Crippen LogP contribution in [-0.2, 0) is 0 Å². The molecule has 0 aliphatic rings. The van der Waals surface area contributed by atoms with Crippen molar-refractivity contribution in [3.63, 3.8) is 0 Å². The molecule has 0 unspecified atom stereocenters. The van der Waals surface area contributed by atoms with Crippen molar-refractivity contribution < 1.29 is 4.74 Å². The minimum absolute atomic E-state index is 0.508. The zero-order valence-electron chi connectivity index (χ0n) is 16.0. The maximum Gasteiger partial charge on any atom is 0.215 e. The Morgan fingerprint density at radius 3 is 2.23 bits per heavy atom. The van der Waals surface area contributed by atoms with Gasteiger partial charge in [-0.05, 0) is 36.1 Å². The predicted molar refractivity (Wildman–Crippen MR) is 107 cm³/mol. The minimum Gasteiger partial charge on any atom is -0.481 e. The van der Waals surface area contributed by atoms with E-state index >= 15 is 0 Å². The Hall–Kier alpha value is -2.82. The number of ether oxygens (including phenoxy) is 1. The molecule has 5 heteroatoms. The van der Waals surface area contributed by atoms with E-state index in [9.17, 15) is 0 Å². The lowest BCUT2D eigenvalue weighted by atomic mass is 10.1. The number of aromatic amines is 2. The van der Waals surface area contributed by atoms with Crippen molar-refractivity contribution in [3.05, 3.63) is 54.1 Å². The molecule has 0 aromatic carbocycles. The monoisotopic (exact) mass is 350 g/mol. The predicted octanol–water partition coefficient (Wildman–Crippen LogP) is 5.38. The first-order valence-electron chi connectivity index (χ1n) is 8.94. The Bertz CT molecular complexity index is 965. The van der Waals surface area contributed by atoms with Gasteiger partial charge >= 0.3 is 0 Å². The van der Waals surface area contributed by atoms with Crippen molar-refractivity contribution in [2.75, 3.05) is 7.11 Å². The minimum atomic E-state index is 0.508. The Kier molecular flexibility index (Phi) is 5.26. The number of hydrogen-bond donors (Lipinski definition) is 2. The van der Waals surface area contributed by atoms with Crippen molar-refractivity contribution in [3.8, 4) is 5.88 Å². The molecule has 0 atom stereocenters. The summed E-state index contributed by atoms with van der Waals surface area (Å²) in [5, 5.41) is 1.13. The van der Waals surface area contributed by atoms with Crippen LogP contribution in [0.4, 0.5) is 0 Å². The summed E-state index contributed by atoms with van der Waals surface area (Å²) in [5.74, 6) is 1.70. The number of nitrogens with zero attached hydrogens (tertiary/aromatic N) is 2. The maximum absolute atomic E-state index is 5.06. The number of pyridine rings is 2. The van der Waals surface area contributed by atoms with Gasteiger partial charge in [0.25, 0.3) is 0 Å². The highest BCUT2D eigenvalue weighted by atomic mass is 16.5. The van der Waals surface area contributed by atoms with Crippen LogP contribution in [-0.4, -0.2) is 27.0 Å². The van der Waals surface area contributed by atoms with Gasteiger partial charge in [0, 0.05) is 35.2 Å². The van der Waals surface area contributed by atoms with Crippen molar-refractivity contribution in [2.24, 2.45) is 0 Å². The molecule has 0 spiro atoms. The lowest BCUT2D eigenvalue weighted by Crippen LogP contribution is -1.86. The van der Waals surface area contributed by atoms with Crippen LogP contribution in [0.1, 0.15) is 50.9 Å². The quantitative estimate of drug-likeness (QED) is 0.521. The second-order valence-electron chi connectivity index (χ2n) is 7.01. The van der Waals surface area contributed by atoms with E-state index in [1.54, 1.807) is 7.11 Å². The summed E-state index contributed by atoms with van der Waals surface area (Å²) in [4.78, 5) is 15.1. The average Bonchev–Trinajstić information content (AvgIpc) is 3.25. The molecule has 136 valence electrons. The van der Waals surface area contributed by atoms with E-state index < -0.39 is 0 Å². The van der Waals surface area contributed by atoms with Gasteiger partial charge in [0.2, 0.25) is 5.88 Å². The molecular weight excluding hydrogens is 324 g/mol.